The van der Waals surface area contributed by atoms with Crippen molar-refractivity contribution in [2.45, 2.75) is 25.8 Å². The van der Waals surface area contributed by atoms with Crippen molar-refractivity contribution in [2.75, 3.05) is 13.1 Å². The molecule has 0 radical (unpaired) electrons. The van der Waals surface area contributed by atoms with E-state index in [4.69, 9.17) is 0 Å². The maximum absolute atomic E-state index is 10.6. The molecular weight excluding hydrogens is 150 g/mol. The van der Waals surface area contributed by atoms with Crippen LogP contribution in [0.3, 0.4) is 0 Å². The Morgan fingerprint density at radius 3 is 2.83 bits per heavy atom. The average molecular weight is 165 g/mol. The molecule has 2 aliphatic heterocycles. The highest BCUT2D eigenvalue weighted by molar-refractivity contribution is 5.87. The van der Waals surface area contributed by atoms with Gasteiger partial charge in [0.25, 0.3) is 0 Å². The summed E-state index contributed by atoms with van der Waals surface area (Å²) >= 11 is 0. The highest BCUT2D eigenvalue weighted by Crippen LogP contribution is 2.40. The number of ketones is 1. The first-order valence-electron chi connectivity index (χ1n) is 4.67. The Kier molecular flexibility index (Phi) is 2.01. The Balaban J connectivity index is 1.77. The minimum Gasteiger partial charge on any atom is -0.296 e. The molecule has 2 bridgehead atoms. The summed E-state index contributed by atoms with van der Waals surface area (Å²) in [6, 6.07) is 0.839. The molecule has 12 heavy (non-hydrogen) atoms. The molecule has 1 saturated carbocycles. The molecule has 3 rings (SSSR count). The van der Waals surface area contributed by atoms with E-state index in [-0.39, 0.29) is 5.78 Å². The minimum atomic E-state index is 0.154. The van der Waals surface area contributed by atoms with Crippen molar-refractivity contribution in [3.63, 3.8) is 0 Å². The zero-order valence-electron chi connectivity index (χ0n) is 7.49. The van der Waals surface area contributed by atoms with Gasteiger partial charge in [0.05, 0.1) is 0 Å². The van der Waals surface area contributed by atoms with Crippen molar-refractivity contribution < 1.29 is 4.79 Å². The normalized spacial score (nSPS) is 34.1. The van der Waals surface area contributed by atoms with Gasteiger partial charge in [0, 0.05) is 19.1 Å². The second-order valence-electron chi connectivity index (χ2n) is 3.96. The van der Waals surface area contributed by atoms with Crippen LogP contribution in [0.2, 0.25) is 0 Å². The second-order valence-corrected chi connectivity index (χ2v) is 3.96. The van der Waals surface area contributed by atoms with Crippen LogP contribution in [0.4, 0.5) is 0 Å². The van der Waals surface area contributed by atoms with E-state index in [1.165, 1.54) is 19.4 Å². The SMILES string of the molecule is CC(=O)/C=C/CN1CC2CC1C2. The molecule has 0 amide bonds. The third-order valence-corrected chi connectivity index (χ3v) is 2.91. The highest BCUT2D eigenvalue weighted by Gasteiger charge is 2.41. The predicted octanol–water partition coefficient (Wildman–Crippen LogP) is 1.23. The average Bonchev–Trinajstić information content (AvgIpc) is 2.42. The Morgan fingerprint density at radius 2 is 2.33 bits per heavy atom. The summed E-state index contributed by atoms with van der Waals surface area (Å²) in [6.45, 7) is 3.83. The van der Waals surface area contributed by atoms with E-state index in [1.54, 1.807) is 13.0 Å². The lowest BCUT2D eigenvalue weighted by atomic mass is 9.86. The monoisotopic (exact) mass is 165 g/mol. The van der Waals surface area contributed by atoms with Gasteiger partial charge in [-0.1, -0.05) is 6.08 Å². The molecule has 2 saturated heterocycles. The molecule has 3 fully saturated rings. The van der Waals surface area contributed by atoms with E-state index in [9.17, 15) is 4.79 Å². The number of rotatable bonds is 3. The molecule has 2 nitrogen and oxygen atoms in total. The van der Waals surface area contributed by atoms with Crippen molar-refractivity contribution in [2.24, 2.45) is 5.92 Å². The largest absolute Gasteiger partial charge is 0.296 e. The van der Waals surface area contributed by atoms with Crippen molar-refractivity contribution in [1.82, 2.24) is 4.90 Å². The highest BCUT2D eigenvalue weighted by atomic mass is 16.1. The van der Waals surface area contributed by atoms with Crippen LogP contribution in [0.15, 0.2) is 12.2 Å². The van der Waals surface area contributed by atoms with Crippen LogP contribution < -0.4 is 0 Å². The van der Waals surface area contributed by atoms with Crippen LogP contribution in [-0.4, -0.2) is 29.8 Å². The lowest BCUT2D eigenvalue weighted by molar-refractivity contribution is -0.112. The summed E-state index contributed by atoms with van der Waals surface area (Å²) in [5.74, 6) is 1.13. The fourth-order valence-electron chi connectivity index (χ4n) is 2.21. The van der Waals surface area contributed by atoms with E-state index in [0.717, 1.165) is 18.5 Å². The molecule has 2 heterocycles. The quantitative estimate of drug-likeness (QED) is 0.586. The van der Waals surface area contributed by atoms with Gasteiger partial charge in [-0.3, -0.25) is 9.69 Å². The zero-order valence-corrected chi connectivity index (χ0v) is 7.49. The van der Waals surface area contributed by atoms with Crippen LogP contribution in [0, 0.1) is 5.92 Å². The maximum Gasteiger partial charge on any atom is 0.152 e. The maximum atomic E-state index is 10.6. The molecule has 1 aliphatic carbocycles. The lowest BCUT2D eigenvalue weighted by Crippen LogP contribution is -2.28. The number of fused-ring (bicyclic) bond motifs is 1. The summed E-state index contributed by atoms with van der Waals surface area (Å²) < 4.78 is 0. The van der Waals surface area contributed by atoms with Gasteiger partial charge < -0.3 is 0 Å². The molecule has 0 atom stereocenters. The van der Waals surface area contributed by atoms with Gasteiger partial charge in [0.15, 0.2) is 5.78 Å². The summed E-state index contributed by atoms with van der Waals surface area (Å²) in [7, 11) is 0. The van der Waals surface area contributed by atoms with Crippen LogP contribution in [-0.2, 0) is 4.79 Å². The second kappa shape index (κ2) is 3.02. The first-order chi connectivity index (χ1) is 5.75. The Labute approximate surface area is 73.2 Å². The zero-order chi connectivity index (χ0) is 8.55. The summed E-state index contributed by atoms with van der Waals surface area (Å²) in [4.78, 5) is 13.1. The van der Waals surface area contributed by atoms with Gasteiger partial charge >= 0.3 is 0 Å². The summed E-state index contributed by atoms with van der Waals surface area (Å²) in [5.41, 5.74) is 0. The van der Waals surface area contributed by atoms with Crippen molar-refractivity contribution in [3.05, 3.63) is 12.2 Å². The molecule has 0 aromatic heterocycles. The molecule has 0 N–H and O–H groups in total. The molecule has 66 valence electrons. The van der Waals surface area contributed by atoms with Gasteiger partial charge in [-0.25, -0.2) is 0 Å². The van der Waals surface area contributed by atoms with Crippen LogP contribution in [0.5, 0.6) is 0 Å². The number of hydrogen-bond donors (Lipinski definition) is 0. The molecule has 0 unspecified atom stereocenters. The summed E-state index contributed by atoms with van der Waals surface area (Å²) in [5, 5.41) is 0. The number of hydrogen-bond acceptors (Lipinski definition) is 2. The third-order valence-electron chi connectivity index (χ3n) is 2.91. The number of allylic oxidation sites excluding steroid dienone is 1. The van der Waals surface area contributed by atoms with E-state index >= 15 is 0 Å². The third kappa shape index (κ3) is 1.44. The summed E-state index contributed by atoms with van der Waals surface area (Å²) in [6.07, 6.45) is 6.46. The first-order valence-corrected chi connectivity index (χ1v) is 4.67. The fraction of sp³-hybridized carbons (Fsp3) is 0.700. The van der Waals surface area contributed by atoms with E-state index in [2.05, 4.69) is 4.90 Å². The van der Waals surface area contributed by atoms with Gasteiger partial charge in [-0.05, 0) is 31.8 Å². The molecule has 0 spiro atoms. The topological polar surface area (TPSA) is 20.3 Å². The Hall–Kier alpha value is -0.630. The van der Waals surface area contributed by atoms with Crippen molar-refractivity contribution in [1.29, 1.82) is 0 Å². The van der Waals surface area contributed by atoms with Crippen molar-refractivity contribution >= 4 is 5.78 Å². The van der Waals surface area contributed by atoms with Crippen LogP contribution in [0.25, 0.3) is 0 Å². The van der Waals surface area contributed by atoms with Gasteiger partial charge in [-0.2, -0.15) is 0 Å². The standard InChI is InChI=1S/C10H15NO/c1-8(12)3-2-4-11-7-9-5-10(11)6-9/h2-3,9-10H,4-7H2,1H3/b3-2+. The molecule has 0 aromatic rings. The van der Waals surface area contributed by atoms with Gasteiger partial charge in [0.2, 0.25) is 0 Å². The smallest absolute Gasteiger partial charge is 0.152 e. The van der Waals surface area contributed by atoms with E-state index < -0.39 is 0 Å². The fourth-order valence-corrected chi connectivity index (χ4v) is 2.21. The van der Waals surface area contributed by atoms with E-state index in [0.29, 0.717) is 0 Å². The first kappa shape index (κ1) is 7.99. The predicted molar refractivity (Wildman–Crippen MR) is 47.9 cm³/mol. The molecule has 0 aromatic carbocycles. The van der Waals surface area contributed by atoms with Gasteiger partial charge in [-0.15, -0.1) is 0 Å². The number of carbonyl (C=O) groups excluding carboxylic acids is 1. The van der Waals surface area contributed by atoms with Crippen LogP contribution >= 0.6 is 0 Å². The van der Waals surface area contributed by atoms with Crippen molar-refractivity contribution in [3.8, 4) is 0 Å². The Morgan fingerprint density at radius 1 is 1.58 bits per heavy atom. The lowest BCUT2D eigenvalue weighted by Gasteiger charge is -2.24. The molecular formula is C10H15NO. The van der Waals surface area contributed by atoms with Gasteiger partial charge in [0.1, 0.15) is 0 Å². The molecule has 3 aliphatic rings. The van der Waals surface area contributed by atoms with Crippen LogP contribution in [0.1, 0.15) is 19.8 Å². The number of carbonyl (C=O) groups is 1. The Bertz CT molecular complexity index is 216. The number of nitrogens with zero attached hydrogens (tertiary/aromatic N) is 1. The van der Waals surface area contributed by atoms with E-state index in [1.807, 2.05) is 6.08 Å². The molecule has 2 heteroatoms. The minimum absolute atomic E-state index is 0.154.